The Morgan fingerprint density at radius 2 is 2.10 bits per heavy atom. The molecule has 1 aromatic carbocycles. The van der Waals surface area contributed by atoms with Gasteiger partial charge in [-0.3, -0.25) is 9.89 Å². The number of carbonyl (C=O) groups excluding carboxylic acids is 1. The normalized spacial score (nSPS) is 18.9. The highest BCUT2D eigenvalue weighted by Gasteiger charge is 2.27. The van der Waals surface area contributed by atoms with Crippen molar-refractivity contribution in [1.29, 1.82) is 0 Å². The number of aromatic nitrogens is 4. The molecule has 3 N–H and O–H groups in total. The largest absolute Gasteiger partial charge is 0.333 e. The van der Waals surface area contributed by atoms with Crippen molar-refractivity contribution in [2.75, 3.05) is 25.0 Å². The van der Waals surface area contributed by atoms with E-state index in [9.17, 15) is 4.79 Å². The number of benzene rings is 1. The lowest BCUT2D eigenvalue weighted by atomic mass is 10.2. The molecule has 1 amide bonds. The number of amides is 1. The Morgan fingerprint density at radius 1 is 1.27 bits per heavy atom. The number of aromatic amines is 1. The van der Waals surface area contributed by atoms with Crippen LogP contribution in [0.3, 0.4) is 0 Å². The number of piperazine rings is 1. The average molecular weight is 448 g/mol. The van der Waals surface area contributed by atoms with E-state index >= 15 is 0 Å². The van der Waals surface area contributed by atoms with Gasteiger partial charge in [-0.05, 0) is 38.0 Å². The van der Waals surface area contributed by atoms with Crippen LogP contribution in [0.25, 0.3) is 10.9 Å². The molecule has 2 aromatic heterocycles. The number of nitrogens with one attached hydrogen (secondary N) is 3. The smallest absolute Gasteiger partial charge is 0.291 e. The summed E-state index contributed by atoms with van der Waals surface area (Å²) in [6.45, 7) is 4.09. The first-order valence-corrected chi connectivity index (χ1v) is 10.3. The number of hydrogen-bond acceptors (Lipinski definition) is 6. The summed E-state index contributed by atoms with van der Waals surface area (Å²) in [5.41, 5.74) is 1.78. The van der Waals surface area contributed by atoms with Crippen molar-refractivity contribution in [2.24, 2.45) is 0 Å². The van der Waals surface area contributed by atoms with Crippen LogP contribution in [0.15, 0.2) is 24.3 Å². The van der Waals surface area contributed by atoms with Gasteiger partial charge in [0.15, 0.2) is 5.82 Å². The molecule has 1 saturated carbocycles. The SMILES string of the molecule is C[C@@H]1CN(C(=O)c2nc(Nc3cc(C4CC4)[nH]n3)c3cc(Cl)ccc3n2)CCN1.Cl. The van der Waals surface area contributed by atoms with E-state index in [2.05, 4.69) is 37.7 Å². The Labute approximate surface area is 185 Å². The molecule has 0 unspecified atom stereocenters. The Balaban J connectivity index is 0.00000218. The molecule has 158 valence electrons. The lowest BCUT2D eigenvalue weighted by molar-refractivity contribution is 0.0697. The van der Waals surface area contributed by atoms with Crippen molar-refractivity contribution in [2.45, 2.75) is 31.7 Å². The first-order valence-electron chi connectivity index (χ1n) is 9.89. The fraction of sp³-hybridized carbons (Fsp3) is 0.400. The van der Waals surface area contributed by atoms with Crippen molar-refractivity contribution in [1.82, 2.24) is 30.4 Å². The first-order chi connectivity index (χ1) is 14.1. The van der Waals surface area contributed by atoms with Crippen LogP contribution in [0, 0.1) is 0 Å². The molecule has 3 aromatic rings. The van der Waals surface area contributed by atoms with Crippen molar-refractivity contribution in [3.05, 3.63) is 40.8 Å². The van der Waals surface area contributed by atoms with Gasteiger partial charge in [-0.2, -0.15) is 5.10 Å². The Morgan fingerprint density at radius 3 is 2.87 bits per heavy atom. The third-order valence-corrected chi connectivity index (χ3v) is 5.60. The molecule has 2 aliphatic rings. The number of halogens is 2. The molecule has 1 aliphatic carbocycles. The zero-order valence-corrected chi connectivity index (χ0v) is 18.1. The van der Waals surface area contributed by atoms with Crippen molar-refractivity contribution in [3.8, 4) is 0 Å². The molecule has 5 rings (SSSR count). The van der Waals surface area contributed by atoms with E-state index in [0.717, 1.165) is 17.6 Å². The standard InChI is InChI=1S/C20H22ClN7O.ClH/c1-11-10-28(7-6-22-11)20(29)19-23-15-5-4-13(21)8-14(15)18(25-19)24-17-9-16(26-27-17)12-2-3-12;/h4-5,8-9,11-12,22H,2-3,6-7,10H2,1H3,(H2,23,24,25,26,27);1H/t11-;/m1./s1. The second-order valence-electron chi connectivity index (χ2n) is 7.77. The van der Waals surface area contributed by atoms with Crippen LogP contribution in [0.4, 0.5) is 11.6 Å². The van der Waals surface area contributed by atoms with Gasteiger partial charge in [-0.25, -0.2) is 9.97 Å². The van der Waals surface area contributed by atoms with Crippen molar-refractivity contribution < 1.29 is 4.79 Å². The number of hydrogen-bond donors (Lipinski definition) is 3. The van der Waals surface area contributed by atoms with Gasteiger partial charge in [0.05, 0.1) is 5.52 Å². The van der Waals surface area contributed by atoms with E-state index in [4.69, 9.17) is 11.6 Å². The summed E-state index contributed by atoms with van der Waals surface area (Å²) in [6, 6.07) is 7.61. The van der Waals surface area contributed by atoms with Gasteiger partial charge in [0.2, 0.25) is 5.82 Å². The number of carbonyl (C=O) groups is 1. The summed E-state index contributed by atoms with van der Waals surface area (Å²) in [5.74, 6) is 1.77. The Bertz CT molecular complexity index is 1080. The molecular formula is C20H23Cl2N7O. The van der Waals surface area contributed by atoms with E-state index in [1.54, 1.807) is 17.0 Å². The van der Waals surface area contributed by atoms with Gasteiger partial charge in [0.1, 0.15) is 5.82 Å². The van der Waals surface area contributed by atoms with Crippen LogP contribution < -0.4 is 10.6 Å². The molecule has 3 heterocycles. The summed E-state index contributed by atoms with van der Waals surface area (Å²) in [4.78, 5) is 23.9. The summed E-state index contributed by atoms with van der Waals surface area (Å²) in [7, 11) is 0. The fourth-order valence-electron chi connectivity index (χ4n) is 3.68. The summed E-state index contributed by atoms with van der Waals surface area (Å²) in [5, 5.41) is 15.3. The summed E-state index contributed by atoms with van der Waals surface area (Å²) >= 11 is 6.20. The molecule has 10 heteroatoms. The first kappa shape index (κ1) is 20.8. The highest BCUT2D eigenvalue weighted by Crippen LogP contribution is 2.39. The van der Waals surface area contributed by atoms with Gasteiger partial charge < -0.3 is 15.5 Å². The minimum atomic E-state index is -0.168. The molecule has 30 heavy (non-hydrogen) atoms. The maximum Gasteiger partial charge on any atom is 0.291 e. The topological polar surface area (TPSA) is 98.8 Å². The highest BCUT2D eigenvalue weighted by molar-refractivity contribution is 6.31. The molecule has 0 radical (unpaired) electrons. The van der Waals surface area contributed by atoms with Crippen LogP contribution in [0.1, 0.15) is 42.0 Å². The Hall–Kier alpha value is -2.42. The lowest BCUT2D eigenvalue weighted by Gasteiger charge is -2.31. The van der Waals surface area contributed by atoms with Gasteiger partial charge in [0.25, 0.3) is 5.91 Å². The second-order valence-corrected chi connectivity index (χ2v) is 8.21. The van der Waals surface area contributed by atoms with Gasteiger partial charge in [0, 0.05) is 53.8 Å². The quantitative estimate of drug-likeness (QED) is 0.565. The number of fused-ring (bicyclic) bond motifs is 1. The third-order valence-electron chi connectivity index (χ3n) is 5.37. The molecule has 1 atom stereocenters. The number of H-pyrrole nitrogens is 1. The third kappa shape index (κ3) is 4.21. The fourth-order valence-corrected chi connectivity index (χ4v) is 3.85. The molecule has 8 nitrogen and oxygen atoms in total. The Kier molecular flexibility index (Phi) is 5.81. The number of rotatable bonds is 4. The van der Waals surface area contributed by atoms with E-state index in [0.29, 0.717) is 41.2 Å². The summed E-state index contributed by atoms with van der Waals surface area (Å²) in [6.07, 6.45) is 2.38. The predicted octanol–water partition coefficient (Wildman–Crippen LogP) is 3.48. The molecular weight excluding hydrogens is 425 g/mol. The van der Waals surface area contributed by atoms with E-state index < -0.39 is 0 Å². The monoisotopic (exact) mass is 447 g/mol. The van der Waals surface area contributed by atoms with E-state index in [1.807, 2.05) is 12.1 Å². The van der Waals surface area contributed by atoms with Gasteiger partial charge >= 0.3 is 0 Å². The second kappa shape index (κ2) is 8.37. The number of nitrogens with zero attached hydrogens (tertiary/aromatic N) is 4. The maximum absolute atomic E-state index is 13.1. The zero-order valence-electron chi connectivity index (χ0n) is 16.5. The van der Waals surface area contributed by atoms with Gasteiger partial charge in [-0.1, -0.05) is 11.6 Å². The maximum atomic E-state index is 13.1. The van der Waals surface area contributed by atoms with Crippen LogP contribution >= 0.6 is 24.0 Å². The zero-order chi connectivity index (χ0) is 20.0. The average Bonchev–Trinajstić information content (AvgIpc) is 3.47. The lowest BCUT2D eigenvalue weighted by Crippen LogP contribution is -2.51. The molecule has 2 fully saturated rings. The molecule has 1 aliphatic heterocycles. The predicted molar refractivity (Wildman–Crippen MR) is 119 cm³/mol. The van der Waals surface area contributed by atoms with E-state index in [1.165, 1.54) is 12.8 Å². The van der Waals surface area contributed by atoms with Crippen LogP contribution in [0.2, 0.25) is 5.02 Å². The number of anilines is 2. The van der Waals surface area contributed by atoms with Crippen molar-refractivity contribution in [3.63, 3.8) is 0 Å². The minimum absolute atomic E-state index is 0. The van der Waals surface area contributed by atoms with Crippen LogP contribution in [-0.4, -0.2) is 56.6 Å². The highest BCUT2D eigenvalue weighted by atomic mass is 35.5. The summed E-state index contributed by atoms with van der Waals surface area (Å²) < 4.78 is 0. The van der Waals surface area contributed by atoms with Gasteiger partial charge in [-0.15, -0.1) is 12.4 Å². The minimum Gasteiger partial charge on any atom is -0.333 e. The van der Waals surface area contributed by atoms with Crippen molar-refractivity contribution >= 4 is 52.5 Å². The molecule has 1 saturated heterocycles. The molecule has 0 bridgehead atoms. The van der Waals surface area contributed by atoms with Crippen LogP contribution in [0.5, 0.6) is 0 Å². The van der Waals surface area contributed by atoms with Crippen LogP contribution in [-0.2, 0) is 0 Å². The molecule has 0 spiro atoms. The van der Waals surface area contributed by atoms with E-state index in [-0.39, 0.29) is 30.2 Å².